The Morgan fingerprint density at radius 3 is 2.56 bits per heavy atom. The van der Waals surface area contributed by atoms with Crippen molar-refractivity contribution in [1.29, 1.82) is 0 Å². The first-order valence-corrected chi connectivity index (χ1v) is 6.82. The van der Waals surface area contributed by atoms with E-state index in [4.69, 9.17) is 18.0 Å². The molecule has 18 heavy (non-hydrogen) atoms. The van der Waals surface area contributed by atoms with E-state index in [0.717, 1.165) is 18.9 Å². The van der Waals surface area contributed by atoms with E-state index >= 15 is 0 Å². The number of aromatic nitrogens is 2. The summed E-state index contributed by atoms with van der Waals surface area (Å²) in [6.45, 7) is 6.62. The minimum atomic E-state index is 0.321. The van der Waals surface area contributed by atoms with Crippen LogP contribution in [0.1, 0.15) is 38.8 Å². The van der Waals surface area contributed by atoms with Gasteiger partial charge in [-0.3, -0.25) is 0 Å². The summed E-state index contributed by atoms with van der Waals surface area (Å²) in [7, 11) is 0. The van der Waals surface area contributed by atoms with Crippen molar-refractivity contribution in [1.82, 2.24) is 9.97 Å². The summed E-state index contributed by atoms with van der Waals surface area (Å²) in [5.41, 5.74) is 6.81. The third-order valence-corrected chi connectivity index (χ3v) is 4.23. The molecule has 1 fully saturated rings. The molecule has 0 spiro atoms. The van der Waals surface area contributed by atoms with Crippen LogP contribution in [0.4, 0.5) is 5.82 Å². The summed E-state index contributed by atoms with van der Waals surface area (Å²) >= 11 is 5.04. The highest BCUT2D eigenvalue weighted by molar-refractivity contribution is 7.80. The topological polar surface area (TPSA) is 55.0 Å². The Morgan fingerprint density at radius 1 is 1.39 bits per heavy atom. The maximum atomic E-state index is 5.70. The summed E-state index contributed by atoms with van der Waals surface area (Å²) in [4.78, 5) is 11.2. The molecule has 1 aliphatic heterocycles. The molecule has 2 N–H and O–H groups in total. The summed E-state index contributed by atoms with van der Waals surface area (Å²) < 4.78 is 0. The molecule has 0 amide bonds. The van der Waals surface area contributed by atoms with Crippen molar-refractivity contribution >= 4 is 23.0 Å². The van der Waals surface area contributed by atoms with Crippen molar-refractivity contribution in [2.45, 2.75) is 33.1 Å². The van der Waals surface area contributed by atoms with E-state index in [9.17, 15) is 0 Å². The van der Waals surface area contributed by atoms with Crippen molar-refractivity contribution in [3.05, 3.63) is 18.1 Å². The smallest absolute Gasteiger partial charge is 0.157 e. The van der Waals surface area contributed by atoms with Gasteiger partial charge in [0.25, 0.3) is 0 Å². The van der Waals surface area contributed by atoms with Crippen LogP contribution in [-0.4, -0.2) is 28.0 Å². The second-order valence-corrected chi connectivity index (χ2v) is 5.68. The van der Waals surface area contributed by atoms with Crippen LogP contribution in [0, 0.1) is 5.41 Å². The predicted octanol–water partition coefficient (Wildman–Crippen LogP) is 2.13. The van der Waals surface area contributed by atoms with E-state index in [1.54, 1.807) is 12.4 Å². The average molecular weight is 264 g/mol. The molecule has 0 unspecified atom stereocenters. The van der Waals surface area contributed by atoms with Gasteiger partial charge < -0.3 is 10.6 Å². The number of anilines is 1. The number of hydrogen-bond acceptors (Lipinski definition) is 4. The van der Waals surface area contributed by atoms with Crippen LogP contribution in [0.15, 0.2) is 12.4 Å². The molecule has 2 rings (SSSR count). The van der Waals surface area contributed by atoms with E-state index in [0.29, 0.717) is 16.1 Å². The molecule has 98 valence electrons. The molecule has 0 saturated carbocycles. The zero-order valence-corrected chi connectivity index (χ0v) is 11.8. The molecule has 4 nitrogen and oxygen atoms in total. The zero-order valence-electron chi connectivity index (χ0n) is 11.0. The van der Waals surface area contributed by atoms with Gasteiger partial charge in [0, 0.05) is 25.5 Å². The van der Waals surface area contributed by atoms with Gasteiger partial charge in [-0.25, -0.2) is 9.97 Å². The fourth-order valence-electron chi connectivity index (χ4n) is 2.35. The zero-order chi connectivity index (χ0) is 13.2. The van der Waals surface area contributed by atoms with Gasteiger partial charge in [-0.1, -0.05) is 32.5 Å². The van der Waals surface area contributed by atoms with Crippen LogP contribution in [0.25, 0.3) is 0 Å². The van der Waals surface area contributed by atoms with Gasteiger partial charge in [0.1, 0.15) is 10.7 Å². The van der Waals surface area contributed by atoms with Crippen LogP contribution in [0.3, 0.4) is 0 Å². The molecule has 1 aromatic heterocycles. The Bertz CT molecular complexity index is 438. The van der Waals surface area contributed by atoms with Crippen LogP contribution in [0.5, 0.6) is 0 Å². The average Bonchev–Trinajstić information content (AvgIpc) is 2.39. The quantitative estimate of drug-likeness (QED) is 0.848. The van der Waals surface area contributed by atoms with Crippen LogP contribution < -0.4 is 10.6 Å². The van der Waals surface area contributed by atoms with Gasteiger partial charge in [-0.05, 0) is 18.3 Å². The molecular weight excluding hydrogens is 244 g/mol. The highest BCUT2D eigenvalue weighted by atomic mass is 32.1. The largest absolute Gasteiger partial charge is 0.388 e. The molecule has 5 heteroatoms. The Labute approximate surface area is 114 Å². The first-order valence-electron chi connectivity index (χ1n) is 6.41. The lowest BCUT2D eigenvalue weighted by molar-refractivity contribution is 0.237. The summed E-state index contributed by atoms with van der Waals surface area (Å²) in [6.07, 6.45) is 6.92. The number of rotatable bonds is 3. The lowest BCUT2D eigenvalue weighted by Gasteiger charge is -2.39. The minimum absolute atomic E-state index is 0.321. The fourth-order valence-corrected chi connectivity index (χ4v) is 2.49. The molecule has 1 aromatic rings. The van der Waals surface area contributed by atoms with Crippen molar-refractivity contribution in [3.8, 4) is 0 Å². The number of piperidine rings is 1. The third kappa shape index (κ3) is 2.61. The van der Waals surface area contributed by atoms with Crippen molar-refractivity contribution in [2.24, 2.45) is 11.1 Å². The molecule has 1 saturated heterocycles. The van der Waals surface area contributed by atoms with E-state index < -0.39 is 0 Å². The summed E-state index contributed by atoms with van der Waals surface area (Å²) in [5, 5.41) is 0. The number of nitrogens with two attached hydrogens (primary N) is 1. The minimum Gasteiger partial charge on any atom is -0.388 e. The second kappa shape index (κ2) is 5.18. The van der Waals surface area contributed by atoms with E-state index in [2.05, 4.69) is 28.7 Å². The lowest BCUT2D eigenvalue weighted by atomic mass is 9.78. The monoisotopic (exact) mass is 264 g/mol. The second-order valence-electron chi connectivity index (χ2n) is 5.24. The third-order valence-electron chi connectivity index (χ3n) is 4.04. The Balaban J connectivity index is 2.17. The van der Waals surface area contributed by atoms with Crippen molar-refractivity contribution < 1.29 is 0 Å². The normalized spacial score (nSPS) is 18.7. The van der Waals surface area contributed by atoms with Gasteiger partial charge >= 0.3 is 0 Å². The fraction of sp³-hybridized carbons (Fsp3) is 0.615. The van der Waals surface area contributed by atoms with Crippen molar-refractivity contribution in [3.63, 3.8) is 0 Å². The molecule has 0 atom stereocenters. The summed E-state index contributed by atoms with van der Waals surface area (Å²) in [5.74, 6) is 0.836. The molecule has 0 bridgehead atoms. The molecule has 1 aliphatic rings. The number of thiocarbonyl (C=S) groups is 1. The SMILES string of the molecule is CCC1(C)CCN(c2nccnc2C(N)=S)CC1. The standard InChI is InChI=1S/C13H20N4S/c1-3-13(2)4-8-17(9-5-13)12-10(11(14)18)15-6-7-16-12/h6-7H,3-5,8-9H2,1-2H3,(H2,14,18). The first-order chi connectivity index (χ1) is 8.56. The highest BCUT2D eigenvalue weighted by Gasteiger charge is 2.29. The van der Waals surface area contributed by atoms with Gasteiger partial charge in [0.05, 0.1) is 0 Å². The van der Waals surface area contributed by atoms with Crippen LogP contribution in [-0.2, 0) is 0 Å². The van der Waals surface area contributed by atoms with E-state index in [1.807, 2.05) is 0 Å². The lowest BCUT2D eigenvalue weighted by Crippen LogP contribution is -2.40. The molecule has 0 radical (unpaired) electrons. The molecule has 0 aliphatic carbocycles. The van der Waals surface area contributed by atoms with Gasteiger partial charge in [0.2, 0.25) is 0 Å². The Hall–Kier alpha value is -1.23. The first kappa shape index (κ1) is 13.2. The van der Waals surface area contributed by atoms with Crippen LogP contribution in [0.2, 0.25) is 0 Å². The van der Waals surface area contributed by atoms with Crippen molar-refractivity contribution in [2.75, 3.05) is 18.0 Å². The molecular formula is C13H20N4S. The summed E-state index contributed by atoms with van der Waals surface area (Å²) in [6, 6.07) is 0. The predicted molar refractivity (Wildman–Crippen MR) is 77.8 cm³/mol. The van der Waals surface area contributed by atoms with Gasteiger partial charge in [0.15, 0.2) is 5.82 Å². The number of nitrogens with zero attached hydrogens (tertiary/aromatic N) is 3. The van der Waals surface area contributed by atoms with E-state index in [1.165, 1.54) is 19.3 Å². The van der Waals surface area contributed by atoms with Crippen LogP contribution >= 0.6 is 12.2 Å². The van der Waals surface area contributed by atoms with E-state index in [-0.39, 0.29) is 0 Å². The highest BCUT2D eigenvalue weighted by Crippen LogP contribution is 2.35. The van der Waals surface area contributed by atoms with Gasteiger partial charge in [-0.2, -0.15) is 0 Å². The molecule has 0 aromatic carbocycles. The Morgan fingerprint density at radius 2 is 2.00 bits per heavy atom. The van der Waals surface area contributed by atoms with Gasteiger partial charge in [-0.15, -0.1) is 0 Å². The molecule has 2 heterocycles. The maximum Gasteiger partial charge on any atom is 0.157 e. The maximum absolute atomic E-state index is 5.70. The number of hydrogen-bond donors (Lipinski definition) is 1. The Kier molecular flexibility index (Phi) is 3.80.